The van der Waals surface area contributed by atoms with E-state index in [0.29, 0.717) is 18.7 Å². The molecule has 0 unspecified atom stereocenters. The molecule has 1 atom stereocenters. The molecule has 0 saturated carbocycles. The van der Waals surface area contributed by atoms with Crippen LogP contribution in [0.5, 0.6) is 5.75 Å². The molecule has 0 radical (unpaired) electrons. The van der Waals surface area contributed by atoms with E-state index in [1.165, 1.54) is 0 Å². The van der Waals surface area contributed by atoms with E-state index in [0.717, 1.165) is 28.8 Å². The van der Waals surface area contributed by atoms with Crippen LogP contribution in [0, 0.1) is 0 Å². The molecule has 132 valence electrons. The van der Waals surface area contributed by atoms with Gasteiger partial charge in [-0.05, 0) is 24.3 Å². The number of hydrogen-bond donors (Lipinski definition) is 1. The number of nitrogens with zero attached hydrogens (tertiary/aromatic N) is 2. The number of pyridine rings is 1. The summed E-state index contributed by atoms with van der Waals surface area (Å²) in [6.45, 7) is 2.13. The molecule has 1 aromatic heterocycles. The molecule has 5 nitrogen and oxygen atoms in total. The quantitative estimate of drug-likeness (QED) is 0.791. The van der Waals surface area contributed by atoms with E-state index in [-0.39, 0.29) is 11.9 Å². The zero-order valence-electron chi connectivity index (χ0n) is 14.7. The van der Waals surface area contributed by atoms with Crippen molar-refractivity contribution in [1.29, 1.82) is 0 Å². The number of ether oxygens (including phenoxy) is 1. The van der Waals surface area contributed by atoms with Crippen molar-refractivity contribution in [2.45, 2.75) is 6.04 Å². The van der Waals surface area contributed by atoms with E-state index in [9.17, 15) is 4.79 Å². The Morgan fingerprint density at radius 1 is 1.15 bits per heavy atom. The van der Waals surface area contributed by atoms with Gasteiger partial charge in [0.2, 0.25) is 0 Å². The fraction of sp³-hybridized carbons (Fsp3) is 0.238. The molecule has 4 rings (SSSR count). The number of fused-ring (bicyclic) bond motifs is 1. The molecular formula is C21H21N3O2. The van der Waals surface area contributed by atoms with Crippen molar-refractivity contribution >= 4 is 16.8 Å². The fourth-order valence-electron chi connectivity index (χ4n) is 3.61. The summed E-state index contributed by atoms with van der Waals surface area (Å²) < 4.78 is 5.53. The Bertz CT molecular complexity index is 936. The highest BCUT2D eigenvalue weighted by Gasteiger charge is 2.31. The SMILES string of the molecule is COc1ccccc1[C@H]1CNCCN1C(=O)c1cccc2ncccc12. The summed E-state index contributed by atoms with van der Waals surface area (Å²) in [5.41, 5.74) is 2.55. The third-order valence-corrected chi connectivity index (χ3v) is 4.88. The van der Waals surface area contributed by atoms with Gasteiger partial charge in [0.1, 0.15) is 5.75 Å². The molecular weight excluding hydrogens is 326 g/mol. The smallest absolute Gasteiger partial charge is 0.255 e. The van der Waals surface area contributed by atoms with Gasteiger partial charge >= 0.3 is 0 Å². The topological polar surface area (TPSA) is 54.5 Å². The highest BCUT2D eigenvalue weighted by molar-refractivity contribution is 6.06. The van der Waals surface area contributed by atoms with Crippen LogP contribution in [0.1, 0.15) is 22.0 Å². The lowest BCUT2D eigenvalue weighted by molar-refractivity contribution is 0.0633. The first-order valence-corrected chi connectivity index (χ1v) is 8.78. The number of carbonyl (C=O) groups is 1. The average Bonchev–Trinajstić information content (AvgIpc) is 2.73. The standard InChI is InChI=1S/C21H21N3O2/c1-26-20-10-3-2-6-17(20)19-14-22-12-13-24(19)21(25)16-7-4-9-18-15(16)8-5-11-23-18/h2-11,19,22H,12-14H2,1H3/t19-/m1/s1. The van der Waals surface area contributed by atoms with Crippen LogP contribution >= 0.6 is 0 Å². The molecule has 0 aliphatic carbocycles. The number of carbonyl (C=O) groups excluding carboxylic acids is 1. The van der Waals surface area contributed by atoms with Gasteiger partial charge in [-0.25, -0.2) is 0 Å². The molecule has 0 spiro atoms. The number of rotatable bonds is 3. The van der Waals surface area contributed by atoms with Gasteiger partial charge in [0.05, 0.1) is 18.7 Å². The number of aromatic nitrogens is 1. The Labute approximate surface area is 152 Å². The number of hydrogen-bond acceptors (Lipinski definition) is 4. The van der Waals surface area contributed by atoms with Gasteiger partial charge in [-0.3, -0.25) is 9.78 Å². The molecule has 0 bridgehead atoms. The predicted molar refractivity (Wildman–Crippen MR) is 101 cm³/mol. The summed E-state index contributed by atoms with van der Waals surface area (Å²) in [6, 6.07) is 17.4. The highest BCUT2D eigenvalue weighted by Crippen LogP contribution is 2.32. The van der Waals surface area contributed by atoms with Crippen LogP contribution in [0.15, 0.2) is 60.8 Å². The minimum Gasteiger partial charge on any atom is -0.496 e. The lowest BCUT2D eigenvalue weighted by atomic mass is 9.99. The van der Waals surface area contributed by atoms with Gasteiger partial charge in [-0.1, -0.05) is 30.3 Å². The minimum absolute atomic E-state index is 0.0287. The molecule has 1 amide bonds. The van der Waals surface area contributed by atoms with Gasteiger partial charge in [0, 0.05) is 42.3 Å². The first-order chi connectivity index (χ1) is 12.8. The maximum absolute atomic E-state index is 13.4. The van der Waals surface area contributed by atoms with Gasteiger partial charge in [-0.15, -0.1) is 0 Å². The number of nitrogens with one attached hydrogen (secondary N) is 1. The average molecular weight is 347 g/mol. The monoisotopic (exact) mass is 347 g/mol. The van der Waals surface area contributed by atoms with Crippen molar-refractivity contribution in [1.82, 2.24) is 15.2 Å². The number of benzene rings is 2. The van der Waals surface area contributed by atoms with Gasteiger partial charge < -0.3 is 15.0 Å². The maximum Gasteiger partial charge on any atom is 0.255 e. The van der Waals surface area contributed by atoms with Crippen LogP contribution in [0.2, 0.25) is 0 Å². The Morgan fingerprint density at radius 2 is 2.04 bits per heavy atom. The van der Waals surface area contributed by atoms with Gasteiger partial charge in [0.25, 0.3) is 5.91 Å². The lowest BCUT2D eigenvalue weighted by Crippen LogP contribution is -2.48. The fourth-order valence-corrected chi connectivity index (χ4v) is 3.61. The summed E-state index contributed by atoms with van der Waals surface area (Å²) in [5, 5.41) is 4.28. The molecule has 1 N–H and O–H groups in total. The van der Waals surface area contributed by atoms with Gasteiger partial charge in [0.15, 0.2) is 0 Å². The van der Waals surface area contributed by atoms with Crippen molar-refractivity contribution in [2.24, 2.45) is 0 Å². The van der Waals surface area contributed by atoms with E-state index in [1.807, 2.05) is 59.5 Å². The molecule has 1 aliphatic heterocycles. The maximum atomic E-state index is 13.4. The van der Waals surface area contributed by atoms with Crippen molar-refractivity contribution in [3.05, 3.63) is 71.9 Å². The first kappa shape index (κ1) is 16.5. The number of piperazine rings is 1. The second-order valence-corrected chi connectivity index (χ2v) is 6.34. The van der Waals surface area contributed by atoms with Gasteiger partial charge in [-0.2, -0.15) is 0 Å². The summed E-state index contributed by atoms with van der Waals surface area (Å²) in [4.78, 5) is 19.7. The van der Waals surface area contributed by atoms with E-state index in [4.69, 9.17) is 4.74 Å². The second-order valence-electron chi connectivity index (χ2n) is 6.34. The Kier molecular flexibility index (Phi) is 4.54. The lowest BCUT2D eigenvalue weighted by Gasteiger charge is -2.37. The minimum atomic E-state index is -0.0701. The summed E-state index contributed by atoms with van der Waals surface area (Å²) >= 11 is 0. The van der Waals surface area contributed by atoms with Crippen LogP contribution in [0.3, 0.4) is 0 Å². The predicted octanol–water partition coefficient (Wildman–Crippen LogP) is 3.03. The number of methoxy groups -OCH3 is 1. The normalized spacial score (nSPS) is 17.3. The summed E-state index contributed by atoms with van der Waals surface area (Å²) in [6.07, 6.45) is 1.75. The Balaban J connectivity index is 1.75. The molecule has 1 fully saturated rings. The van der Waals surface area contributed by atoms with Crippen molar-refractivity contribution < 1.29 is 9.53 Å². The zero-order chi connectivity index (χ0) is 17.9. The highest BCUT2D eigenvalue weighted by atomic mass is 16.5. The molecule has 2 heterocycles. The second kappa shape index (κ2) is 7.14. The Morgan fingerprint density at radius 3 is 2.92 bits per heavy atom. The number of amides is 1. The third kappa shape index (κ3) is 2.91. The van der Waals surface area contributed by atoms with Crippen LogP contribution in [-0.2, 0) is 0 Å². The van der Waals surface area contributed by atoms with Crippen LogP contribution in [0.4, 0.5) is 0 Å². The van der Waals surface area contributed by atoms with Crippen LogP contribution in [0.25, 0.3) is 10.9 Å². The first-order valence-electron chi connectivity index (χ1n) is 8.78. The van der Waals surface area contributed by atoms with E-state index >= 15 is 0 Å². The zero-order valence-corrected chi connectivity index (χ0v) is 14.7. The largest absolute Gasteiger partial charge is 0.496 e. The number of para-hydroxylation sites is 1. The van der Waals surface area contributed by atoms with Crippen LogP contribution < -0.4 is 10.1 Å². The third-order valence-electron chi connectivity index (χ3n) is 4.88. The van der Waals surface area contributed by atoms with E-state index in [1.54, 1.807) is 13.3 Å². The molecule has 2 aromatic carbocycles. The van der Waals surface area contributed by atoms with Crippen molar-refractivity contribution in [3.63, 3.8) is 0 Å². The van der Waals surface area contributed by atoms with Crippen molar-refractivity contribution in [3.8, 4) is 5.75 Å². The summed E-state index contributed by atoms with van der Waals surface area (Å²) in [5.74, 6) is 0.833. The van der Waals surface area contributed by atoms with Crippen molar-refractivity contribution in [2.75, 3.05) is 26.7 Å². The summed E-state index contributed by atoms with van der Waals surface area (Å²) in [7, 11) is 1.66. The van der Waals surface area contributed by atoms with Crippen LogP contribution in [-0.4, -0.2) is 42.5 Å². The van der Waals surface area contributed by atoms with E-state index in [2.05, 4.69) is 10.3 Å². The molecule has 5 heteroatoms. The molecule has 1 aliphatic rings. The molecule has 26 heavy (non-hydrogen) atoms. The Hall–Kier alpha value is -2.92. The van der Waals surface area contributed by atoms with E-state index < -0.39 is 0 Å². The molecule has 1 saturated heterocycles. The molecule has 3 aromatic rings.